The molecule has 0 aromatic heterocycles. The van der Waals surface area contributed by atoms with Crippen LogP contribution < -0.4 is 10.2 Å². The van der Waals surface area contributed by atoms with Gasteiger partial charge in [0.05, 0.1) is 12.8 Å². The maximum Gasteiger partial charge on any atom is 0.273 e. The molecule has 1 heterocycles. The molecule has 1 aliphatic heterocycles. The molecule has 104 valence electrons. The van der Waals surface area contributed by atoms with Crippen molar-refractivity contribution in [2.45, 2.75) is 6.92 Å². The highest BCUT2D eigenvalue weighted by atomic mass is 32.2. The number of ether oxygens (including phenoxy) is 1. The first kappa shape index (κ1) is 14.5. The summed E-state index contributed by atoms with van der Waals surface area (Å²) >= 11 is 6.39. The molecular formula is C13H12N2O3S2. The van der Waals surface area contributed by atoms with E-state index in [1.807, 2.05) is 0 Å². The van der Waals surface area contributed by atoms with Crippen LogP contribution in [0.3, 0.4) is 0 Å². The van der Waals surface area contributed by atoms with Gasteiger partial charge >= 0.3 is 0 Å². The van der Waals surface area contributed by atoms with Crippen LogP contribution in [-0.2, 0) is 14.3 Å². The van der Waals surface area contributed by atoms with Gasteiger partial charge in [-0.3, -0.25) is 14.5 Å². The zero-order chi connectivity index (χ0) is 14.7. The molecule has 0 bridgehead atoms. The zero-order valence-electron chi connectivity index (χ0n) is 10.9. The highest BCUT2D eigenvalue weighted by Gasteiger charge is 2.33. The van der Waals surface area contributed by atoms with Crippen molar-refractivity contribution in [3.8, 4) is 0 Å². The fourth-order valence-electron chi connectivity index (χ4n) is 1.68. The Bertz CT molecular complexity index is 596. The van der Waals surface area contributed by atoms with Crippen molar-refractivity contribution in [2.24, 2.45) is 0 Å². The van der Waals surface area contributed by atoms with Gasteiger partial charge in [-0.25, -0.2) is 0 Å². The summed E-state index contributed by atoms with van der Waals surface area (Å²) in [6.07, 6.45) is 1.38. The van der Waals surface area contributed by atoms with Crippen molar-refractivity contribution in [3.05, 3.63) is 35.4 Å². The number of thiocarbonyl (C=S) groups is 1. The third-order valence-corrected chi connectivity index (χ3v) is 3.75. The van der Waals surface area contributed by atoms with Gasteiger partial charge in [0.25, 0.3) is 5.91 Å². The highest BCUT2D eigenvalue weighted by molar-refractivity contribution is 8.27. The van der Waals surface area contributed by atoms with E-state index in [1.165, 1.54) is 37.0 Å². The topological polar surface area (TPSA) is 58.6 Å². The molecule has 1 saturated heterocycles. The molecule has 7 heteroatoms. The molecule has 0 radical (unpaired) electrons. The van der Waals surface area contributed by atoms with Gasteiger partial charge in [0, 0.05) is 12.6 Å². The number of nitrogens with one attached hydrogen (secondary N) is 1. The fraction of sp³-hybridized carbons (Fsp3) is 0.154. The second kappa shape index (κ2) is 6.06. The molecule has 0 spiro atoms. The van der Waals surface area contributed by atoms with Crippen LogP contribution in [0, 0.1) is 0 Å². The standard InChI is InChI=1S/C13H12N2O3S2/c1-8(16)14-9-3-5-10(6-4-9)15-12(17)11(7-18-2)20-13(15)19/h3-7H,1-2H3,(H,14,16)/b11-7+. The zero-order valence-corrected chi connectivity index (χ0v) is 12.5. The number of benzene rings is 1. The Hall–Kier alpha value is -1.86. The van der Waals surface area contributed by atoms with Crippen LogP contribution >= 0.6 is 24.0 Å². The number of carbonyl (C=O) groups excluding carboxylic acids is 2. The molecule has 1 fully saturated rings. The third kappa shape index (κ3) is 3.00. The maximum atomic E-state index is 12.2. The van der Waals surface area contributed by atoms with E-state index in [0.717, 1.165) is 0 Å². The third-order valence-electron chi connectivity index (χ3n) is 2.46. The van der Waals surface area contributed by atoms with Crippen LogP contribution in [0.1, 0.15) is 6.92 Å². The first-order valence-electron chi connectivity index (χ1n) is 5.70. The molecule has 1 aromatic carbocycles. The molecule has 1 aliphatic rings. The number of rotatable bonds is 3. The van der Waals surface area contributed by atoms with Crippen molar-refractivity contribution in [1.29, 1.82) is 0 Å². The number of hydrogen-bond acceptors (Lipinski definition) is 5. The minimum Gasteiger partial charge on any atom is -0.503 e. The SMILES string of the molecule is CO/C=C1/SC(=S)N(c2ccc(NC(C)=O)cc2)C1=O. The van der Waals surface area contributed by atoms with Crippen molar-refractivity contribution in [1.82, 2.24) is 0 Å². The van der Waals surface area contributed by atoms with Crippen LogP contribution in [0.5, 0.6) is 0 Å². The van der Waals surface area contributed by atoms with E-state index in [-0.39, 0.29) is 11.8 Å². The van der Waals surface area contributed by atoms with Gasteiger partial charge in [0.1, 0.15) is 11.2 Å². The highest BCUT2D eigenvalue weighted by Crippen LogP contribution is 2.35. The van der Waals surface area contributed by atoms with E-state index in [1.54, 1.807) is 24.3 Å². The maximum absolute atomic E-state index is 12.2. The number of amides is 2. The van der Waals surface area contributed by atoms with E-state index in [9.17, 15) is 9.59 Å². The van der Waals surface area contributed by atoms with Crippen LogP contribution in [0.4, 0.5) is 11.4 Å². The minimum atomic E-state index is -0.214. The average molecular weight is 308 g/mol. The first-order chi connectivity index (χ1) is 9.52. The van der Waals surface area contributed by atoms with E-state index in [4.69, 9.17) is 17.0 Å². The van der Waals surface area contributed by atoms with Crippen LogP contribution in [0.15, 0.2) is 35.4 Å². The Labute approximate surface area is 126 Å². The smallest absolute Gasteiger partial charge is 0.273 e. The molecule has 1 N–H and O–H groups in total. The lowest BCUT2D eigenvalue weighted by molar-refractivity contribution is -0.114. The summed E-state index contributed by atoms with van der Waals surface area (Å²) in [7, 11) is 1.48. The second-order valence-corrected chi connectivity index (χ2v) is 5.63. The van der Waals surface area contributed by atoms with Crippen LogP contribution in [0.2, 0.25) is 0 Å². The van der Waals surface area contributed by atoms with Crippen molar-refractivity contribution in [3.63, 3.8) is 0 Å². The van der Waals surface area contributed by atoms with Crippen molar-refractivity contribution < 1.29 is 14.3 Å². The first-order valence-corrected chi connectivity index (χ1v) is 6.92. The van der Waals surface area contributed by atoms with Gasteiger partial charge in [0.15, 0.2) is 4.32 Å². The van der Waals surface area contributed by atoms with Crippen LogP contribution in [0.25, 0.3) is 0 Å². The quantitative estimate of drug-likeness (QED) is 0.528. The number of carbonyl (C=O) groups is 2. The van der Waals surface area contributed by atoms with E-state index >= 15 is 0 Å². The molecule has 5 nitrogen and oxygen atoms in total. The molecule has 0 aliphatic carbocycles. The Morgan fingerprint density at radius 3 is 2.60 bits per heavy atom. The normalized spacial score (nSPS) is 16.7. The van der Waals surface area contributed by atoms with Crippen LogP contribution in [-0.4, -0.2) is 23.2 Å². The lowest BCUT2D eigenvalue weighted by Crippen LogP contribution is -2.27. The van der Waals surface area contributed by atoms with Gasteiger partial charge < -0.3 is 10.1 Å². The monoisotopic (exact) mass is 308 g/mol. The van der Waals surface area contributed by atoms with Gasteiger partial charge in [0.2, 0.25) is 5.91 Å². The summed E-state index contributed by atoms with van der Waals surface area (Å²) in [5.41, 5.74) is 1.32. The summed E-state index contributed by atoms with van der Waals surface area (Å²) in [5, 5.41) is 2.66. The molecular weight excluding hydrogens is 296 g/mol. The number of anilines is 2. The Morgan fingerprint density at radius 2 is 2.05 bits per heavy atom. The average Bonchev–Trinajstić information content (AvgIpc) is 2.66. The summed E-state index contributed by atoms with van der Waals surface area (Å²) in [6.45, 7) is 1.44. The largest absolute Gasteiger partial charge is 0.503 e. The Morgan fingerprint density at radius 1 is 1.40 bits per heavy atom. The number of nitrogens with zero attached hydrogens (tertiary/aromatic N) is 1. The van der Waals surface area contributed by atoms with Gasteiger partial charge in [-0.15, -0.1) is 0 Å². The summed E-state index contributed by atoms with van der Waals surface area (Å²) in [6, 6.07) is 6.89. The van der Waals surface area contributed by atoms with Crippen molar-refractivity contribution >= 4 is 51.5 Å². The predicted octanol–water partition coefficient (Wildman–Crippen LogP) is 2.50. The number of hydrogen-bond donors (Lipinski definition) is 1. The van der Waals surface area contributed by atoms with E-state index in [0.29, 0.717) is 20.6 Å². The summed E-state index contributed by atoms with van der Waals surface area (Å²) in [5.74, 6) is -0.361. The molecule has 0 atom stereocenters. The lowest BCUT2D eigenvalue weighted by atomic mass is 10.2. The Kier molecular flexibility index (Phi) is 4.41. The Balaban J connectivity index is 2.23. The lowest BCUT2D eigenvalue weighted by Gasteiger charge is -2.15. The van der Waals surface area contributed by atoms with E-state index < -0.39 is 0 Å². The number of thioether (sulfide) groups is 1. The molecule has 2 rings (SSSR count). The molecule has 2 amide bonds. The summed E-state index contributed by atoms with van der Waals surface area (Å²) < 4.78 is 5.30. The summed E-state index contributed by atoms with van der Waals surface area (Å²) in [4.78, 5) is 25.0. The van der Waals surface area contributed by atoms with Gasteiger partial charge in [-0.05, 0) is 24.3 Å². The fourth-order valence-corrected chi connectivity index (χ4v) is 2.93. The van der Waals surface area contributed by atoms with Gasteiger partial charge in [-0.1, -0.05) is 24.0 Å². The minimum absolute atomic E-state index is 0.147. The number of methoxy groups -OCH3 is 1. The second-order valence-electron chi connectivity index (χ2n) is 3.95. The van der Waals surface area contributed by atoms with Crippen molar-refractivity contribution in [2.75, 3.05) is 17.3 Å². The molecule has 0 unspecified atom stereocenters. The molecule has 20 heavy (non-hydrogen) atoms. The molecule has 0 saturated carbocycles. The van der Waals surface area contributed by atoms with E-state index in [2.05, 4.69) is 5.32 Å². The molecule has 1 aromatic rings. The predicted molar refractivity (Wildman–Crippen MR) is 83.5 cm³/mol. The van der Waals surface area contributed by atoms with Gasteiger partial charge in [-0.2, -0.15) is 0 Å².